The van der Waals surface area contributed by atoms with Gasteiger partial charge in [0.25, 0.3) is 0 Å². The van der Waals surface area contributed by atoms with E-state index in [2.05, 4.69) is 41.5 Å². The van der Waals surface area contributed by atoms with Gasteiger partial charge in [0, 0.05) is 38.1 Å². The summed E-state index contributed by atoms with van der Waals surface area (Å²) in [5, 5.41) is 2.20. The van der Waals surface area contributed by atoms with Crippen molar-refractivity contribution in [3.05, 3.63) is 56.1 Å². The van der Waals surface area contributed by atoms with Crippen molar-refractivity contribution < 1.29 is 0 Å². The van der Waals surface area contributed by atoms with Crippen LogP contribution in [0.2, 0.25) is 0 Å². The average molecular weight is 364 g/mol. The zero-order chi connectivity index (χ0) is 16.1. The number of benzene rings is 1. The third kappa shape index (κ3) is 2.61. The zero-order valence-corrected chi connectivity index (χ0v) is 15.8. The summed E-state index contributed by atoms with van der Waals surface area (Å²) in [5.74, 6) is 0. The second-order valence-corrected chi connectivity index (χ2v) is 7.42. The van der Waals surface area contributed by atoms with Crippen LogP contribution in [-0.2, 0) is 27.1 Å². The number of hydrogen-bond acceptors (Lipinski definition) is 3. The smallest absolute Gasteiger partial charge is 0.295 e. The summed E-state index contributed by atoms with van der Waals surface area (Å²) in [6.07, 6.45) is 1.14. The maximum absolute atomic E-state index is 12.1. The SMILES string of the molecule is CC1c2ccsc2CCN1Cc1ccc2c(c1)n(C)c(=O)n2C.Cl. The summed E-state index contributed by atoms with van der Waals surface area (Å²) in [5.41, 5.74) is 4.79. The van der Waals surface area contributed by atoms with Crippen LogP contribution in [0.15, 0.2) is 34.4 Å². The van der Waals surface area contributed by atoms with Gasteiger partial charge in [-0.05, 0) is 48.1 Å². The van der Waals surface area contributed by atoms with Crippen LogP contribution in [0.3, 0.4) is 0 Å². The first-order valence-electron chi connectivity index (χ1n) is 8.01. The minimum atomic E-state index is 0. The molecule has 6 heteroatoms. The highest BCUT2D eigenvalue weighted by molar-refractivity contribution is 7.10. The molecule has 0 radical (unpaired) electrons. The van der Waals surface area contributed by atoms with Crippen molar-refractivity contribution in [1.82, 2.24) is 14.0 Å². The second kappa shape index (κ2) is 6.39. The van der Waals surface area contributed by atoms with Crippen molar-refractivity contribution in [2.75, 3.05) is 6.54 Å². The highest BCUT2D eigenvalue weighted by Crippen LogP contribution is 2.33. The van der Waals surface area contributed by atoms with Gasteiger partial charge < -0.3 is 0 Å². The van der Waals surface area contributed by atoms with Crippen molar-refractivity contribution in [2.45, 2.75) is 25.9 Å². The van der Waals surface area contributed by atoms with Crippen molar-refractivity contribution in [1.29, 1.82) is 0 Å². The van der Waals surface area contributed by atoms with Gasteiger partial charge in [-0.3, -0.25) is 14.0 Å². The van der Waals surface area contributed by atoms with E-state index in [0.29, 0.717) is 6.04 Å². The fourth-order valence-electron chi connectivity index (χ4n) is 3.66. The lowest BCUT2D eigenvalue weighted by Gasteiger charge is -2.33. The first-order valence-corrected chi connectivity index (χ1v) is 8.89. The quantitative estimate of drug-likeness (QED) is 0.697. The lowest BCUT2D eigenvalue weighted by atomic mass is 10.0. The van der Waals surface area contributed by atoms with Crippen LogP contribution >= 0.6 is 23.7 Å². The van der Waals surface area contributed by atoms with Gasteiger partial charge in [-0.25, -0.2) is 4.79 Å². The van der Waals surface area contributed by atoms with E-state index < -0.39 is 0 Å². The Hall–Kier alpha value is -1.56. The van der Waals surface area contributed by atoms with Crippen LogP contribution in [-0.4, -0.2) is 20.6 Å². The van der Waals surface area contributed by atoms with Gasteiger partial charge in [-0.15, -0.1) is 23.7 Å². The Morgan fingerprint density at radius 3 is 2.71 bits per heavy atom. The molecule has 0 saturated heterocycles. The molecule has 0 spiro atoms. The summed E-state index contributed by atoms with van der Waals surface area (Å²) in [7, 11) is 3.67. The van der Waals surface area contributed by atoms with E-state index in [1.54, 1.807) is 9.13 Å². The maximum Gasteiger partial charge on any atom is 0.328 e. The fraction of sp³-hybridized carbons (Fsp3) is 0.389. The van der Waals surface area contributed by atoms with Gasteiger partial charge in [0.2, 0.25) is 0 Å². The van der Waals surface area contributed by atoms with Gasteiger partial charge in [0.05, 0.1) is 11.0 Å². The van der Waals surface area contributed by atoms with Gasteiger partial charge in [-0.2, -0.15) is 0 Å². The molecule has 1 atom stereocenters. The van der Waals surface area contributed by atoms with E-state index in [1.165, 1.54) is 16.0 Å². The Bertz CT molecular complexity index is 940. The fourth-order valence-corrected chi connectivity index (χ4v) is 4.63. The molecule has 0 aliphatic carbocycles. The Morgan fingerprint density at radius 1 is 1.17 bits per heavy atom. The number of aryl methyl sites for hydroxylation is 2. The van der Waals surface area contributed by atoms with Crippen molar-refractivity contribution in [3.8, 4) is 0 Å². The van der Waals surface area contributed by atoms with Crippen LogP contribution in [0, 0.1) is 0 Å². The predicted molar refractivity (Wildman–Crippen MR) is 102 cm³/mol. The first-order chi connectivity index (χ1) is 11.1. The molecular weight excluding hydrogens is 342 g/mol. The lowest BCUT2D eigenvalue weighted by Crippen LogP contribution is -2.32. The molecule has 128 valence electrons. The Labute approximate surface area is 151 Å². The molecule has 0 fully saturated rings. The van der Waals surface area contributed by atoms with Gasteiger partial charge in [-0.1, -0.05) is 6.07 Å². The molecule has 4 nitrogen and oxygen atoms in total. The van der Waals surface area contributed by atoms with Crippen LogP contribution < -0.4 is 5.69 Å². The van der Waals surface area contributed by atoms with Gasteiger partial charge in [0.15, 0.2) is 0 Å². The van der Waals surface area contributed by atoms with Gasteiger partial charge >= 0.3 is 5.69 Å². The number of imidazole rings is 1. The standard InChI is InChI=1S/C18H21N3OS.ClH/c1-12-14-7-9-23-17(14)6-8-21(12)11-13-4-5-15-16(10-13)20(3)18(22)19(15)2;/h4-5,7,9-10,12H,6,8,11H2,1-3H3;1H. The molecule has 0 saturated carbocycles. The number of hydrogen-bond donors (Lipinski definition) is 0. The van der Waals surface area contributed by atoms with Crippen LogP contribution in [0.4, 0.5) is 0 Å². The molecule has 1 aliphatic rings. The molecule has 3 heterocycles. The summed E-state index contributed by atoms with van der Waals surface area (Å²) < 4.78 is 3.44. The number of thiophene rings is 1. The molecule has 24 heavy (non-hydrogen) atoms. The van der Waals surface area contributed by atoms with E-state index in [-0.39, 0.29) is 18.1 Å². The Balaban J connectivity index is 0.00000169. The highest BCUT2D eigenvalue weighted by atomic mass is 35.5. The topological polar surface area (TPSA) is 30.2 Å². The molecule has 2 aromatic heterocycles. The minimum absolute atomic E-state index is 0. The maximum atomic E-state index is 12.1. The van der Waals surface area contributed by atoms with Crippen molar-refractivity contribution >= 4 is 34.8 Å². The predicted octanol–water partition coefficient (Wildman–Crippen LogP) is 3.48. The number of rotatable bonds is 2. The third-order valence-electron chi connectivity index (χ3n) is 5.13. The van der Waals surface area contributed by atoms with Crippen molar-refractivity contribution in [2.24, 2.45) is 14.1 Å². The summed E-state index contributed by atoms with van der Waals surface area (Å²) >= 11 is 1.88. The van der Waals surface area contributed by atoms with Gasteiger partial charge in [0.1, 0.15) is 0 Å². The molecule has 1 aliphatic heterocycles. The summed E-state index contributed by atoms with van der Waals surface area (Å²) in [6.45, 7) is 4.32. The number of aromatic nitrogens is 2. The van der Waals surface area contributed by atoms with E-state index >= 15 is 0 Å². The molecule has 1 aromatic carbocycles. The second-order valence-electron chi connectivity index (χ2n) is 6.42. The number of fused-ring (bicyclic) bond motifs is 2. The normalized spacial score (nSPS) is 17.7. The van der Waals surface area contributed by atoms with E-state index in [0.717, 1.165) is 30.5 Å². The molecular formula is C18H22ClN3OS. The molecule has 0 bridgehead atoms. The Morgan fingerprint density at radius 2 is 1.92 bits per heavy atom. The van der Waals surface area contributed by atoms with E-state index in [9.17, 15) is 4.79 Å². The Kier molecular flexibility index (Phi) is 4.60. The summed E-state index contributed by atoms with van der Waals surface area (Å²) in [6, 6.07) is 9.10. The van der Waals surface area contributed by atoms with Crippen LogP contribution in [0.25, 0.3) is 11.0 Å². The minimum Gasteiger partial charge on any atom is -0.295 e. The monoisotopic (exact) mass is 363 g/mol. The van der Waals surface area contributed by atoms with E-state index in [4.69, 9.17) is 0 Å². The zero-order valence-electron chi connectivity index (χ0n) is 14.2. The number of nitrogens with zero attached hydrogens (tertiary/aromatic N) is 3. The largest absolute Gasteiger partial charge is 0.328 e. The van der Waals surface area contributed by atoms with Crippen molar-refractivity contribution in [3.63, 3.8) is 0 Å². The average Bonchev–Trinajstić information content (AvgIpc) is 3.11. The summed E-state index contributed by atoms with van der Waals surface area (Å²) in [4.78, 5) is 16.1. The first kappa shape index (κ1) is 17.3. The molecule has 1 unspecified atom stereocenters. The molecule has 0 N–H and O–H groups in total. The highest BCUT2D eigenvalue weighted by Gasteiger charge is 2.24. The molecule has 3 aromatic rings. The third-order valence-corrected chi connectivity index (χ3v) is 6.12. The van der Waals surface area contributed by atoms with Crippen LogP contribution in [0.1, 0.15) is 29.0 Å². The van der Waals surface area contributed by atoms with E-state index in [1.807, 2.05) is 25.4 Å². The molecule has 0 amide bonds. The number of halogens is 1. The van der Waals surface area contributed by atoms with Crippen LogP contribution in [0.5, 0.6) is 0 Å². The lowest BCUT2D eigenvalue weighted by molar-refractivity contribution is 0.191. The molecule has 4 rings (SSSR count).